The second kappa shape index (κ2) is 8.00. The number of aryl methyl sites for hydroxylation is 2. The molecule has 3 heteroatoms. The van der Waals surface area contributed by atoms with Gasteiger partial charge in [-0.15, -0.1) is 0 Å². The van der Waals surface area contributed by atoms with Crippen molar-refractivity contribution in [2.45, 2.75) is 27.7 Å². The predicted octanol–water partition coefficient (Wildman–Crippen LogP) is 4.18. The van der Waals surface area contributed by atoms with Crippen LogP contribution < -0.4 is 5.63 Å². The molecule has 0 radical (unpaired) electrons. The molecule has 3 nitrogen and oxygen atoms in total. The van der Waals surface area contributed by atoms with Crippen LogP contribution in [0.25, 0.3) is 6.08 Å². The molecule has 0 amide bonds. The molecular formula is C18H20O3. The highest BCUT2D eigenvalue weighted by molar-refractivity contribution is 6.07. The summed E-state index contributed by atoms with van der Waals surface area (Å²) in [6.07, 6.45) is 3.07. The van der Waals surface area contributed by atoms with Gasteiger partial charge in [0, 0.05) is 0 Å². The Hall–Kier alpha value is -2.42. The van der Waals surface area contributed by atoms with Crippen LogP contribution in [0.1, 0.15) is 41.1 Å². The number of carbonyl (C=O) groups is 1. The molecular weight excluding hydrogens is 264 g/mol. The molecule has 0 bridgehead atoms. The maximum atomic E-state index is 12.0. The van der Waals surface area contributed by atoms with Gasteiger partial charge in [-0.25, -0.2) is 4.79 Å². The van der Waals surface area contributed by atoms with Crippen LogP contribution in [0.2, 0.25) is 0 Å². The minimum Gasteiger partial charge on any atom is -0.428 e. The molecule has 1 aromatic heterocycles. The Bertz CT molecular complexity index is 679. The third-order valence-corrected chi connectivity index (χ3v) is 2.75. The van der Waals surface area contributed by atoms with Gasteiger partial charge in [0.15, 0.2) is 5.78 Å². The van der Waals surface area contributed by atoms with E-state index >= 15 is 0 Å². The average Bonchev–Trinajstić information content (AvgIpc) is 2.47. The molecule has 0 atom stereocenters. The van der Waals surface area contributed by atoms with Crippen LogP contribution in [0.5, 0.6) is 0 Å². The summed E-state index contributed by atoms with van der Waals surface area (Å²) < 4.78 is 4.95. The quantitative estimate of drug-likeness (QED) is 0.627. The van der Waals surface area contributed by atoms with Crippen LogP contribution in [-0.2, 0) is 0 Å². The van der Waals surface area contributed by atoms with Crippen LogP contribution in [-0.4, -0.2) is 5.78 Å². The van der Waals surface area contributed by atoms with Gasteiger partial charge in [0.2, 0.25) is 0 Å². The first-order chi connectivity index (χ1) is 10.1. The number of allylic oxidation sites excluding steroid dienone is 1. The van der Waals surface area contributed by atoms with E-state index in [-0.39, 0.29) is 11.3 Å². The summed E-state index contributed by atoms with van der Waals surface area (Å²) in [6.45, 7) is 7.41. The van der Waals surface area contributed by atoms with Gasteiger partial charge < -0.3 is 4.42 Å². The van der Waals surface area contributed by atoms with E-state index in [4.69, 9.17) is 4.42 Å². The number of rotatable bonds is 3. The highest BCUT2D eigenvalue weighted by Gasteiger charge is 2.13. The molecule has 21 heavy (non-hydrogen) atoms. The number of carbonyl (C=O) groups excluding carboxylic acids is 1. The smallest absolute Gasteiger partial charge is 0.347 e. The molecule has 0 aliphatic heterocycles. The first-order valence-electron chi connectivity index (χ1n) is 6.97. The van der Waals surface area contributed by atoms with Gasteiger partial charge in [0.05, 0.1) is 0 Å². The molecule has 0 fully saturated rings. The lowest BCUT2D eigenvalue weighted by Crippen LogP contribution is -2.15. The van der Waals surface area contributed by atoms with Gasteiger partial charge >= 0.3 is 5.63 Å². The first kappa shape index (κ1) is 16.6. The van der Waals surface area contributed by atoms with Gasteiger partial charge in [-0.05, 0) is 37.1 Å². The second-order valence-corrected chi connectivity index (χ2v) is 4.31. The molecule has 0 unspecified atom stereocenters. The number of benzene rings is 1. The van der Waals surface area contributed by atoms with E-state index in [2.05, 4.69) is 0 Å². The van der Waals surface area contributed by atoms with Gasteiger partial charge in [-0.1, -0.05) is 50.3 Å². The lowest BCUT2D eigenvalue weighted by Gasteiger charge is -2.00. The van der Waals surface area contributed by atoms with Crippen LogP contribution in [0, 0.1) is 13.8 Å². The molecule has 0 saturated heterocycles. The van der Waals surface area contributed by atoms with E-state index in [9.17, 15) is 9.59 Å². The summed E-state index contributed by atoms with van der Waals surface area (Å²) in [5.41, 5.74) is 1.06. The van der Waals surface area contributed by atoms with E-state index in [1.807, 2.05) is 44.2 Å². The summed E-state index contributed by atoms with van der Waals surface area (Å²) in [5.74, 6) is 0.168. The average molecular weight is 284 g/mol. The molecule has 1 heterocycles. The minimum absolute atomic E-state index is 0.0952. The van der Waals surface area contributed by atoms with Crippen molar-refractivity contribution in [3.63, 3.8) is 0 Å². The Balaban J connectivity index is 0.00000106. The Morgan fingerprint density at radius 1 is 1.10 bits per heavy atom. The fourth-order valence-corrected chi connectivity index (χ4v) is 1.88. The summed E-state index contributed by atoms with van der Waals surface area (Å²) in [4.78, 5) is 23.7. The van der Waals surface area contributed by atoms with Crippen molar-refractivity contribution < 1.29 is 9.21 Å². The molecule has 0 saturated carbocycles. The zero-order chi connectivity index (χ0) is 15.8. The normalized spacial score (nSPS) is 10.1. The van der Waals surface area contributed by atoms with Crippen molar-refractivity contribution >= 4 is 11.9 Å². The van der Waals surface area contributed by atoms with E-state index in [0.717, 1.165) is 5.56 Å². The van der Waals surface area contributed by atoms with Gasteiger partial charge in [-0.3, -0.25) is 4.79 Å². The van der Waals surface area contributed by atoms with Crippen molar-refractivity contribution in [1.29, 1.82) is 0 Å². The van der Waals surface area contributed by atoms with Crippen molar-refractivity contribution in [3.05, 3.63) is 75.3 Å². The Labute approximate surface area is 124 Å². The number of hydrogen-bond acceptors (Lipinski definition) is 3. The highest BCUT2D eigenvalue weighted by Crippen LogP contribution is 2.08. The van der Waals surface area contributed by atoms with Crippen LogP contribution in [0.15, 0.2) is 51.7 Å². The minimum atomic E-state index is -0.583. The summed E-state index contributed by atoms with van der Waals surface area (Å²) in [5, 5.41) is 0. The molecule has 2 aromatic rings. The van der Waals surface area contributed by atoms with Crippen LogP contribution in [0.4, 0.5) is 0 Å². The van der Waals surface area contributed by atoms with Crippen molar-refractivity contribution in [1.82, 2.24) is 0 Å². The Morgan fingerprint density at radius 2 is 1.71 bits per heavy atom. The molecule has 2 rings (SSSR count). The summed E-state index contributed by atoms with van der Waals surface area (Å²) in [7, 11) is 0. The van der Waals surface area contributed by atoms with E-state index in [0.29, 0.717) is 11.3 Å². The van der Waals surface area contributed by atoms with Crippen molar-refractivity contribution in [3.8, 4) is 0 Å². The molecule has 1 aromatic carbocycles. The molecule has 0 spiro atoms. The predicted molar refractivity (Wildman–Crippen MR) is 85.6 cm³/mol. The van der Waals surface area contributed by atoms with E-state index in [1.165, 1.54) is 6.08 Å². The first-order valence-corrected chi connectivity index (χ1v) is 6.97. The maximum absolute atomic E-state index is 12.0. The molecule has 0 aliphatic carbocycles. The topological polar surface area (TPSA) is 47.3 Å². The number of ketones is 1. The van der Waals surface area contributed by atoms with Crippen molar-refractivity contribution in [2.75, 3.05) is 0 Å². The van der Waals surface area contributed by atoms with Crippen molar-refractivity contribution in [2.24, 2.45) is 0 Å². The third kappa shape index (κ3) is 4.56. The second-order valence-electron chi connectivity index (χ2n) is 4.31. The summed E-state index contributed by atoms with van der Waals surface area (Å²) in [6, 6.07) is 11.1. The Morgan fingerprint density at radius 3 is 2.29 bits per heavy atom. The van der Waals surface area contributed by atoms with Gasteiger partial charge in [0.25, 0.3) is 0 Å². The monoisotopic (exact) mass is 284 g/mol. The SMILES string of the molecule is CC.Cc1cc(C)c(C(=O)/C=C/c2ccccc2)c(=O)o1. The molecule has 0 aliphatic rings. The third-order valence-electron chi connectivity index (χ3n) is 2.75. The van der Waals surface area contributed by atoms with Gasteiger partial charge in [0.1, 0.15) is 11.3 Å². The maximum Gasteiger partial charge on any atom is 0.347 e. The van der Waals surface area contributed by atoms with Crippen LogP contribution >= 0.6 is 0 Å². The molecule has 0 N–H and O–H groups in total. The highest BCUT2D eigenvalue weighted by atomic mass is 16.4. The standard InChI is InChI=1S/C16H14O3.C2H6/c1-11-10-12(2)19-16(18)15(11)14(17)9-8-13-6-4-3-5-7-13;1-2/h3-10H,1-2H3;1-2H3/b9-8+;. The van der Waals surface area contributed by atoms with Gasteiger partial charge in [-0.2, -0.15) is 0 Å². The van der Waals surface area contributed by atoms with Crippen LogP contribution in [0.3, 0.4) is 0 Å². The number of hydrogen-bond donors (Lipinski definition) is 0. The zero-order valence-electron chi connectivity index (χ0n) is 12.8. The summed E-state index contributed by atoms with van der Waals surface area (Å²) >= 11 is 0. The van der Waals surface area contributed by atoms with E-state index < -0.39 is 5.63 Å². The van der Waals surface area contributed by atoms with E-state index in [1.54, 1.807) is 26.0 Å². The zero-order valence-corrected chi connectivity index (χ0v) is 12.8. The fourth-order valence-electron chi connectivity index (χ4n) is 1.88. The lowest BCUT2D eigenvalue weighted by atomic mass is 10.1. The molecule has 110 valence electrons. The Kier molecular flexibility index (Phi) is 6.34. The largest absolute Gasteiger partial charge is 0.428 e. The lowest BCUT2D eigenvalue weighted by molar-refractivity contribution is 0.104. The fraction of sp³-hybridized carbons (Fsp3) is 0.222.